The first kappa shape index (κ1) is 11.9. The number of hydrogen-bond acceptors (Lipinski definition) is 4. The Balaban J connectivity index is 2.82. The summed E-state index contributed by atoms with van der Waals surface area (Å²) in [6.45, 7) is 0.532. The van der Waals surface area contributed by atoms with Gasteiger partial charge >= 0.3 is 0 Å². The molecule has 0 saturated heterocycles. The molecule has 1 N–H and O–H groups in total. The normalized spacial score (nSPS) is 12.8. The summed E-state index contributed by atoms with van der Waals surface area (Å²) < 4.78 is 5.06. The van der Waals surface area contributed by atoms with E-state index in [0.717, 1.165) is 11.1 Å². The van der Waals surface area contributed by atoms with Crippen molar-refractivity contribution in [3.63, 3.8) is 0 Å². The van der Waals surface area contributed by atoms with E-state index in [4.69, 9.17) is 4.74 Å². The van der Waals surface area contributed by atoms with Crippen molar-refractivity contribution in [1.82, 2.24) is 0 Å². The van der Waals surface area contributed by atoms with E-state index >= 15 is 0 Å². The average Bonchev–Trinajstić information content (AvgIpc) is 2.19. The minimum absolute atomic E-state index is 0.469. The Morgan fingerprint density at radius 3 is 2.86 bits per heavy atom. The van der Waals surface area contributed by atoms with E-state index in [0.29, 0.717) is 12.4 Å². The molecule has 0 radical (unpaired) electrons. The van der Waals surface area contributed by atoms with Crippen molar-refractivity contribution in [3.8, 4) is 0 Å². The van der Waals surface area contributed by atoms with E-state index < -0.39 is 6.10 Å². The molecule has 0 aromatic heterocycles. The van der Waals surface area contributed by atoms with Gasteiger partial charge in [-0.05, 0) is 11.1 Å². The number of methoxy groups -OCH3 is 1. The van der Waals surface area contributed by atoms with Crippen molar-refractivity contribution in [2.45, 2.75) is 12.7 Å². The molecular weight excluding hydrogens is 216 g/mol. The summed E-state index contributed by atoms with van der Waals surface area (Å²) in [6.07, 6.45) is -0.469. The van der Waals surface area contributed by atoms with Gasteiger partial charge in [0.05, 0.1) is 12.7 Å². The monoisotopic (exact) mass is 230 g/mol. The van der Waals surface area contributed by atoms with Gasteiger partial charge in [0.25, 0.3) is 0 Å². The van der Waals surface area contributed by atoms with Crippen molar-refractivity contribution in [1.29, 1.82) is 0 Å². The Morgan fingerprint density at radius 2 is 2.21 bits per heavy atom. The van der Waals surface area contributed by atoms with Crippen LogP contribution < -0.4 is 0 Å². The zero-order valence-electron chi connectivity index (χ0n) is 8.01. The van der Waals surface area contributed by atoms with Crippen molar-refractivity contribution in [3.05, 3.63) is 35.4 Å². The third-order valence-electron chi connectivity index (χ3n) is 1.95. The Kier molecular flexibility index (Phi) is 5.40. The van der Waals surface area contributed by atoms with Crippen molar-refractivity contribution < 1.29 is 9.84 Å². The standard InChI is InChI=1S/C10H14O2S2/c1-12-6-8-4-2-3-5-9(8)10(11)7-14-13/h2-5,10-11,13H,6-7H2,1H3. The first-order valence-corrected chi connectivity index (χ1v) is 6.34. The Bertz CT molecular complexity index is 279. The summed E-state index contributed by atoms with van der Waals surface area (Å²) >= 11 is 4.02. The van der Waals surface area contributed by atoms with Crippen LogP contribution in [0.1, 0.15) is 17.2 Å². The maximum atomic E-state index is 9.80. The van der Waals surface area contributed by atoms with E-state index in [1.54, 1.807) is 7.11 Å². The highest BCUT2D eigenvalue weighted by molar-refractivity contribution is 8.68. The molecular formula is C10H14O2S2. The summed E-state index contributed by atoms with van der Waals surface area (Å²) in [6, 6.07) is 7.74. The van der Waals surface area contributed by atoms with Gasteiger partial charge in [0, 0.05) is 12.9 Å². The van der Waals surface area contributed by atoms with Crippen molar-refractivity contribution in [2.75, 3.05) is 12.9 Å². The van der Waals surface area contributed by atoms with Crippen LogP contribution in [-0.4, -0.2) is 18.0 Å². The van der Waals surface area contributed by atoms with Crippen LogP contribution in [-0.2, 0) is 11.3 Å². The number of benzene rings is 1. The maximum absolute atomic E-state index is 9.80. The fourth-order valence-corrected chi connectivity index (χ4v) is 2.05. The van der Waals surface area contributed by atoms with E-state index in [2.05, 4.69) is 11.7 Å². The maximum Gasteiger partial charge on any atom is 0.0892 e. The van der Waals surface area contributed by atoms with Crippen LogP contribution in [0.15, 0.2) is 24.3 Å². The summed E-state index contributed by atoms with van der Waals surface area (Å²) in [5.74, 6) is 0.587. The lowest BCUT2D eigenvalue weighted by Gasteiger charge is -2.13. The topological polar surface area (TPSA) is 29.5 Å². The van der Waals surface area contributed by atoms with Crippen LogP contribution in [0.4, 0.5) is 0 Å². The number of ether oxygens (including phenoxy) is 1. The van der Waals surface area contributed by atoms with E-state index in [1.165, 1.54) is 10.8 Å². The third kappa shape index (κ3) is 3.20. The smallest absolute Gasteiger partial charge is 0.0892 e. The van der Waals surface area contributed by atoms with Gasteiger partial charge in [-0.25, -0.2) is 0 Å². The number of hydrogen-bond donors (Lipinski definition) is 2. The molecule has 0 bridgehead atoms. The highest BCUT2D eigenvalue weighted by Crippen LogP contribution is 2.23. The van der Waals surface area contributed by atoms with Crippen LogP contribution in [0.3, 0.4) is 0 Å². The number of thiol groups is 1. The fraction of sp³-hybridized carbons (Fsp3) is 0.400. The molecule has 1 rings (SSSR count). The summed E-state index contributed by atoms with van der Waals surface area (Å²) in [5, 5.41) is 9.80. The molecule has 0 aliphatic rings. The van der Waals surface area contributed by atoms with Crippen LogP contribution in [0.2, 0.25) is 0 Å². The second-order valence-corrected chi connectivity index (χ2v) is 4.31. The van der Waals surface area contributed by atoms with Crippen LogP contribution in [0.5, 0.6) is 0 Å². The second kappa shape index (κ2) is 6.35. The lowest BCUT2D eigenvalue weighted by molar-refractivity contribution is 0.172. The molecule has 0 amide bonds. The first-order chi connectivity index (χ1) is 6.79. The third-order valence-corrected chi connectivity index (χ3v) is 2.86. The van der Waals surface area contributed by atoms with Gasteiger partial charge in [0.15, 0.2) is 0 Å². The molecule has 14 heavy (non-hydrogen) atoms. The number of aliphatic hydroxyl groups excluding tert-OH is 1. The molecule has 0 saturated carbocycles. The van der Waals surface area contributed by atoms with E-state index in [1.807, 2.05) is 24.3 Å². The van der Waals surface area contributed by atoms with Gasteiger partial charge in [-0.15, -0.1) is 11.7 Å². The number of rotatable bonds is 5. The SMILES string of the molecule is COCc1ccccc1C(O)CSS. The lowest BCUT2D eigenvalue weighted by atomic mass is 10.0. The molecule has 1 atom stereocenters. The molecule has 0 heterocycles. The van der Waals surface area contributed by atoms with Gasteiger partial charge < -0.3 is 9.84 Å². The minimum Gasteiger partial charge on any atom is -0.388 e. The molecule has 78 valence electrons. The predicted molar refractivity (Wildman–Crippen MR) is 63.6 cm³/mol. The Morgan fingerprint density at radius 1 is 1.50 bits per heavy atom. The molecule has 1 aromatic rings. The summed E-state index contributed by atoms with van der Waals surface area (Å²) in [5.41, 5.74) is 1.96. The number of aliphatic hydroxyl groups is 1. The molecule has 1 aromatic carbocycles. The Hall–Kier alpha value is -0.160. The van der Waals surface area contributed by atoms with Gasteiger partial charge in [-0.1, -0.05) is 35.1 Å². The Labute approximate surface area is 93.5 Å². The second-order valence-electron chi connectivity index (χ2n) is 2.94. The predicted octanol–water partition coefficient (Wildman–Crippen LogP) is 2.44. The lowest BCUT2D eigenvalue weighted by Crippen LogP contribution is -2.04. The molecule has 2 nitrogen and oxygen atoms in total. The average molecular weight is 230 g/mol. The zero-order chi connectivity index (χ0) is 10.4. The van der Waals surface area contributed by atoms with Crippen molar-refractivity contribution >= 4 is 22.5 Å². The van der Waals surface area contributed by atoms with Crippen LogP contribution in [0, 0.1) is 0 Å². The highest BCUT2D eigenvalue weighted by atomic mass is 33.1. The molecule has 0 aliphatic carbocycles. The van der Waals surface area contributed by atoms with E-state index in [9.17, 15) is 5.11 Å². The summed E-state index contributed by atoms with van der Waals surface area (Å²) in [7, 11) is 2.98. The van der Waals surface area contributed by atoms with E-state index in [-0.39, 0.29) is 0 Å². The van der Waals surface area contributed by atoms with Gasteiger partial charge in [0.1, 0.15) is 0 Å². The molecule has 0 aliphatic heterocycles. The van der Waals surface area contributed by atoms with Gasteiger partial charge in [0.2, 0.25) is 0 Å². The van der Waals surface area contributed by atoms with Crippen molar-refractivity contribution in [2.24, 2.45) is 0 Å². The quantitative estimate of drug-likeness (QED) is 0.601. The highest BCUT2D eigenvalue weighted by Gasteiger charge is 2.10. The van der Waals surface area contributed by atoms with Gasteiger partial charge in [-0.3, -0.25) is 0 Å². The minimum atomic E-state index is -0.469. The van der Waals surface area contributed by atoms with Crippen LogP contribution in [0.25, 0.3) is 0 Å². The first-order valence-electron chi connectivity index (χ1n) is 4.30. The van der Waals surface area contributed by atoms with Crippen LogP contribution >= 0.6 is 22.5 Å². The zero-order valence-corrected chi connectivity index (χ0v) is 9.72. The largest absolute Gasteiger partial charge is 0.388 e. The summed E-state index contributed by atoms with van der Waals surface area (Å²) in [4.78, 5) is 0. The molecule has 4 heteroatoms. The van der Waals surface area contributed by atoms with Gasteiger partial charge in [-0.2, -0.15) is 0 Å². The fourth-order valence-electron chi connectivity index (χ4n) is 1.31. The molecule has 1 unspecified atom stereocenters. The molecule has 0 spiro atoms. The molecule has 0 fully saturated rings.